The van der Waals surface area contributed by atoms with Crippen molar-refractivity contribution in [2.24, 2.45) is 0 Å². The minimum Gasteiger partial charge on any atom is -0.379 e. The Morgan fingerprint density at radius 3 is 2.64 bits per heavy atom. The lowest BCUT2D eigenvalue weighted by Crippen LogP contribution is -2.39. The van der Waals surface area contributed by atoms with E-state index in [1.54, 1.807) is 12.4 Å². The monoisotopic (exact) mass is 335 g/mol. The van der Waals surface area contributed by atoms with Gasteiger partial charge in [-0.25, -0.2) is 9.97 Å². The van der Waals surface area contributed by atoms with Gasteiger partial charge in [0.15, 0.2) is 5.82 Å². The number of ether oxygens (including phenoxy) is 1. The predicted octanol–water partition coefficient (Wildman–Crippen LogP) is 2.44. The second-order valence-electron chi connectivity index (χ2n) is 6.03. The third-order valence-corrected chi connectivity index (χ3v) is 4.37. The molecule has 0 atom stereocenters. The van der Waals surface area contributed by atoms with Crippen LogP contribution in [0.2, 0.25) is 0 Å². The minimum atomic E-state index is 0.718. The standard InChI is InChI=1S/C19H21N5O/c1-2-4-17-16(3-1)19(21-9-10-24-11-13-25-14-12-24)23-18(22-17)15-5-7-20-8-6-15/h1-8H,9-14H2,(H,21,22,23). The fourth-order valence-electron chi connectivity index (χ4n) is 3.00. The molecule has 0 amide bonds. The quantitative estimate of drug-likeness (QED) is 0.773. The van der Waals surface area contributed by atoms with Crippen LogP contribution in [0, 0.1) is 0 Å². The highest BCUT2D eigenvalue weighted by Gasteiger charge is 2.11. The topological polar surface area (TPSA) is 63.2 Å². The summed E-state index contributed by atoms with van der Waals surface area (Å²) in [6, 6.07) is 12.0. The Hall–Kier alpha value is -2.57. The third kappa shape index (κ3) is 3.75. The average molecular weight is 335 g/mol. The molecule has 0 radical (unpaired) electrons. The van der Waals surface area contributed by atoms with Crippen LogP contribution in [0.1, 0.15) is 0 Å². The largest absolute Gasteiger partial charge is 0.379 e. The van der Waals surface area contributed by atoms with E-state index in [1.165, 1.54) is 0 Å². The van der Waals surface area contributed by atoms with Crippen LogP contribution in [0.15, 0.2) is 48.8 Å². The van der Waals surface area contributed by atoms with Gasteiger partial charge in [0.05, 0.1) is 18.7 Å². The van der Waals surface area contributed by atoms with Gasteiger partial charge >= 0.3 is 0 Å². The number of hydrogen-bond acceptors (Lipinski definition) is 6. The molecular formula is C19H21N5O. The molecule has 128 valence electrons. The first-order valence-electron chi connectivity index (χ1n) is 8.61. The van der Waals surface area contributed by atoms with Crippen molar-refractivity contribution in [2.75, 3.05) is 44.7 Å². The maximum Gasteiger partial charge on any atom is 0.162 e. The SMILES string of the molecule is c1ccc2c(NCCN3CCOCC3)nc(-c3ccncc3)nc2c1. The van der Waals surface area contributed by atoms with E-state index in [2.05, 4.69) is 21.3 Å². The smallest absolute Gasteiger partial charge is 0.162 e. The summed E-state index contributed by atoms with van der Waals surface area (Å²) >= 11 is 0. The number of anilines is 1. The van der Waals surface area contributed by atoms with E-state index in [0.29, 0.717) is 0 Å². The summed E-state index contributed by atoms with van der Waals surface area (Å²) in [6.45, 7) is 5.46. The maximum atomic E-state index is 5.40. The number of hydrogen-bond donors (Lipinski definition) is 1. The van der Waals surface area contributed by atoms with Gasteiger partial charge in [-0.2, -0.15) is 0 Å². The number of fused-ring (bicyclic) bond motifs is 1. The van der Waals surface area contributed by atoms with Gasteiger partial charge in [-0.1, -0.05) is 12.1 Å². The zero-order chi connectivity index (χ0) is 16.9. The Balaban J connectivity index is 1.58. The highest BCUT2D eigenvalue weighted by atomic mass is 16.5. The maximum absolute atomic E-state index is 5.40. The molecule has 3 aromatic rings. The fraction of sp³-hybridized carbons (Fsp3) is 0.316. The van der Waals surface area contributed by atoms with Crippen molar-refractivity contribution in [3.63, 3.8) is 0 Å². The lowest BCUT2D eigenvalue weighted by atomic mass is 10.2. The van der Waals surface area contributed by atoms with Crippen LogP contribution in [0.4, 0.5) is 5.82 Å². The lowest BCUT2D eigenvalue weighted by Gasteiger charge is -2.26. The van der Waals surface area contributed by atoms with Crippen LogP contribution >= 0.6 is 0 Å². The predicted molar refractivity (Wildman–Crippen MR) is 98.5 cm³/mol. The molecule has 1 aliphatic rings. The van der Waals surface area contributed by atoms with Gasteiger partial charge < -0.3 is 10.1 Å². The minimum absolute atomic E-state index is 0.718. The van der Waals surface area contributed by atoms with Crippen LogP contribution in [0.3, 0.4) is 0 Å². The summed E-state index contributed by atoms with van der Waals surface area (Å²) in [4.78, 5) is 15.9. The van der Waals surface area contributed by atoms with Gasteiger partial charge in [0, 0.05) is 49.5 Å². The van der Waals surface area contributed by atoms with Gasteiger partial charge in [0.25, 0.3) is 0 Å². The zero-order valence-electron chi connectivity index (χ0n) is 14.1. The summed E-state index contributed by atoms with van der Waals surface area (Å²) in [5.41, 5.74) is 1.91. The highest BCUT2D eigenvalue weighted by molar-refractivity contribution is 5.90. The van der Waals surface area contributed by atoms with Crippen molar-refractivity contribution in [2.45, 2.75) is 0 Å². The van der Waals surface area contributed by atoms with Crippen LogP contribution < -0.4 is 5.32 Å². The summed E-state index contributed by atoms with van der Waals surface area (Å²) < 4.78 is 5.40. The number of nitrogens with zero attached hydrogens (tertiary/aromatic N) is 4. The van der Waals surface area contributed by atoms with Gasteiger partial charge in [0.2, 0.25) is 0 Å². The number of pyridine rings is 1. The zero-order valence-corrected chi connectivity index (χ0v) is 14.1. The van der Waals surface area contributed by atoms with E-state index >= 15 is 0 Å². The van der Waals surface area contributed by atoms with Crippen LogP contribution in [-0.4, -0.2) is 59.2 Å². The number of benzene rings is 1. The van der Waals surface area contributed by atoms with Gasteiger partial charge in [-0.15, -0.1) is 0 Å². The van der Waals surface area contributed by atoms with E-state index in [-0.39, 0.29) is 0 Å². The van der Waals surface area contributed by atoms with Crippen molar-refractivity contribution in [1.82, 2.24) is 19.9 Å². The number of nitrogens with one attached hydrogen (secondary N) is 1. The molecule has 0 aliphatic carbocycles. The van der Waals surface area contributed by atoms with E-state index in [1.807, 2.05) is 30.3 Å². The third-order valence-electron chi connectivity index (χ3n) is 4.37. The Labute approximate surface area is 146 Å². The van der Waals surface area contributed by atoms with Crippen molar-refractivity contribution in [3.8, 4) is 11.4 Å². The van der Waals surface area contributed by atoms with E-state index in [0.717, 1.165) is 67.5 Å². The van der Waals surface area contributed by atoms with Crippen molar-refractivity contribution < 1.29 is 4.74 Å². The molecule has 1 fully saturated rings. The summed E-state index contributed by atoms with van der Waals surface area (Å²) in [5.74, 6) is 1.60. The lowest BCUT2D eigenvalue weighted by molar-refractivity contribution is 0.0398. The van der Waals surface area contributed by atoms with Gasteiger partial charge in [0.1, 0.15) is 5.82 Å². The molecule has 6 nitrogen and oxygen atoms in total. The summed E-state index contributed by atoms with van der Waals surface area (Å²) in [5, 5.41) is 4.54. The Kier molecular flexibility index (Phi) is 4.81. The molecule has 25 heavy (non-hydrogen) atoms. The normalized spacial score (nSPS) is 15.4. The second kappa shape index (κ2) is 7.55. The average Bonchev–Trinajstić information content (AvgIpc) is 2.69. The fourth-order valence-corrected chi connectivity index (χ4v) is 3.00. The van der Waals surface area contributed by atoms with E-state index in [4.69, 9.17) is 14.7 Å². The molecule has 1 N–H and O–H groups in total. The number of para-hydroxylation sites is 1. The molecule has 0 saturated carbocycles. The summed E-state index contributed by atoms with van der Waals surface area (Å²) in [6.07, 6.45) is 3.53. The van der Waals surface area contributed by atoms with Crippen molar-refractivity contribution in [1.29, 1.82) is 0 Å². The molecule has 1 aliphatic heterocycles. The molecule has 3 heterocycles. The molecule has 0 spiro atoms. The summed E-state index contributed by atoms with van der Waals surface area (Å²) in [7, 11) is 0. The number of morpholine rings is 1. The first kappa shape index (κ1) is 15.9. The second-order valence-corrected chi connectivity index (χ2v) is 6.03. The van der Waals surface area contributed by atoms with Gasteiger partial charge in [-0.05, 0) is 24.3 Å². The highest BCUT2D eigenvalue weighted by Crippen LogP contribution is 2.24. The molecular weight excluding hydrogens is 314 g/mol. The van der Waals surface area contributed by atoms with Gasteiger partial charge in [-0.3, -0.25) is 9.88 Å². The Morgan fingerprint density at radius 1 is 1.00 bits per heavy atom. The Morgan fingerprint density at radius 2 is 1.80 bits per heavy atom. The van der Waals surface area contributed by atoms with E-state index in [9.17, 15) is 0 Å². The first-order chi connectivity index (χ1) is 12.4. The molecule has 6 heteroatoms. The van der Waals surface area contributed by atoms with Crippen LogP contribution in [0.25, 0.3) is 22.3 Å². The first-order valence-corrected chi connectivity index (χ1v) is 8.61. The van der Waals surface area contributed by atoms with E-state index < -0.39 is 0 Å². The van der Waals surface area contributed by atoms with Crippen molar-refractivity contribution in [3.05, 3.63) is 48.8 Å². The Bertz CT molecular complexity index is 834. The van der Waals surface area contributed by atoms with Crippen molar-refractivity contribution >= 4 is 16.7 Å². The number of aromatic nitrogens is 3. The number of rotatable bonds is 5. The van der Waals surface area contributed by atoms with Crippen LogP contribution in [0.5, 0.6) is 0 Å². The molecule has 2 aromatic heterocycles. The van der Waals surface area contributed by atoms with Crippen LogP contribution in [-0.2, 0) is 4.74 Å². The molecule has 0 unspecified atom stereocenters. The molecule has 1 saturated heterocycles. The molecule has 0 bridgehead atoms. The molecule has 1 aromatic carbocycles. The molecule has 4 rings (SSSR count).